The number of nitrogen functional groups attached to an aromatic ring is 2. The summed E-state index contributed by atoms with van der Waals surface area (Å²) < 4.78 is 14.8. The quantitative estimate of drug-likeness (QED) is 0.0480. The molecule has 8 atom stereocenters. The Kier molecular flexibility index (Phi) is 22.9. The van der Waals surface area contributed by atoms with E-state index in [9.17, 15) is 20.4 Å². The van der Waals surface area contributed by atoms with Crippen LogP contribution in [-0.2, 0) is 9.47 Å². The van der Waals surface area contributed by atoms with Crippen LogP contribution < -0.4 is 22.5 Å². The van der Waals surface area contributed by atoms with Crippen LogP contribution in [0.3, 0.4) is 0 Å². The number of aliphatic hydroxyl groups excluding tert-OH is 5. The summed E-state index contributed by atoms with van der Waals surface area (Å²) >= 11 is 19.8. The Bertz CT molecular complexity index is 2430. The van der Waals surface area contributed by atoms with Gasteiger partial charge >= 0.3 is 0 Å². The van der Waals surface area contributed by atoms with E-state index in [1.807, 2.05) is 13.8 Å². The van der Waals surface area contributed by atoms with Crippen molar-refractivity contribution in [2.45, 2.75) is 69.9 Å². The smallest absolute Gasteiger partial charge is 0.167 e. The third-order valence-corrected chi connectivity index (χ3v) is 11.6. The van der Waals surface area contributed by atoms with E-state index in [1.54, 1.807) is 45.6 Å². The molecule has 2 aliphatic rings. The standard InChI is InChI=1S/C16H19ClN8O3S.C12H18N6O3S.C4H2Cl2N2.C4H6.C2H6O/c17-9-3-10(21-5-20-9)19-1-2-29-4-8-12(26)13(27)16(28-8)25-7-24-11-14(18)22-6-23-15(11)25;13-1-2-22-3-6-8(19)9(20)12(21-6)18-5-17-7-10(14)15-4-16-11(7)18;5-3-1-4(6)8-2-7-3;1-3-4-2;1-2-3/h3,5-8,12-13,16,26-27H,1-2,4H2,(H2,18,22,23)(H,19,20,21);4-6,8-9,12,19-20H,1-3,13H2,(H2,14,15,16);1-2H;1-2H3;3H,2H2,1H3/t8-,12-,13-,16-;6-,8-,9-,12-;;;/m00.../s1. The van der Waals surface area contributed by atoms with Crippen LogP contribution in [-0.4, -0.2) is 164 Å². The molecular formula is C38H51Cl3N16O7S2. The number of halogens is 3. The van der Waals surface area contributed by atoms with Crippen LogP contribution in [0.15, 0.2) is 50.1 Å². The highest BCUT2D eigenvalue weighted by Gasteiger charge is 2.45. The van der Waals surface area contributed by atoms with Gasteiger partial charge in [-0.2, -0.15) is 23.5 Å². The summed E-state index contributed by atoms with van der Waals surface area (Å²) in [6.07, 6.45) is 1.50. The number of nitrogens with zero attached hydrogens (tertiary/aromatic N) is 12. The predicted molar refractivity (Wildman–Crippen MR) is 254 cm³/mol. The number of imidazole rings is 2. The van der Waals surface area contributed by atoms with E-state index in [1.165, 1.54) is 44.0 Å². The number of nitrogens with one attached hydrogen (secondary N) is 1. The fraction of sp³-hybridized carbons (Fsp3) is 0.474. The summed E-state index contributed by atoms with van der Waals surface area (Å²) in [4.78, 5) is 39.5. The lowest BCUT2D eigenvalue weighted by atomic mass is 10.1. The average Bonchev–Trinajstić information content (AvgIpc) is 4.07. The lowest BCUT2D eigenvalue weighted by Crippen LogP contribution is -2.32. The van der Waals surface area contributed by atoms with Gasteiger partial charge in [0.1, 0.15) is 82.0 Å². The molecule has 0 spiro atoms. The molecule has 0 amide bonds. The van der Waals surface area contributed by atoms with Crippen LogP contribution in [0.25, 0.3) is 22.3 Å². The number of aromatic nitrogens is 12. The van der Waals surface area contributed by atoms with Crippen molar-refractivity contribution < 1.29 is 35.0 Å². The zero-order valence-corrected chi connectivity index (χ0v) is 39.7. The van der Waals surface area contributed by atoms with Gasteiger partial charge in [-0.3, -0.25) is 9.13 Å². The summed E-state index contributed by atoms with van der Waals surface area (Å²) in [5.74, 6) is 9.07. The molecule has 66 heavy (non-hydrogen) atoms. The van der Waals surface area contributed by atoms with Crippen molar-refractivity contribution in [3.63, 3.8) is 0 Å². The fourth-order valence-electron chi connectivity index (χ4n) is 5.78. The summed E-state index contributed by atoms with van der Waals surface area (Å²) in [5.41, 5.74) is 18.7. The highest BCUT2D eigenvalue weighted by atomic mass is 35.5. The summed E-state index contributed by atoms with van der Waals surface area (Å²) in [6.45, 7) is 6.77. The molecule has 0 saturated carbocycles. The van der Waals surface area contributed by atoms with Crippen molar-refractivity contribution in [3.05, 3.63) is 65.6 Å². The Hall–Kier alpha value is -4.53. The van der Waals surface area contributed by atoms with E-state index in [0.717, 1.165) is 11.5 Å². The number of ether oxygens (including phenoxy) is 2. The minimum atomic E-state index is -1.12. The van der Waals surface area contributed by atoms with Crippen molar-refractivity contribution >= 4 is 98.1 Å². The number of thioether (sulfide) groups is 2. The van der Waals surface area contributed by atoms with Crippen molar-refractivity contribution in [2.75, 3.05) is 59.5 Å². The van der Waals surface area contributed by atoms with Crippen LogP contribution in [0.1, 0.15) is 33.2 Å². The summed E-state index contributed by atoms with van der Waals surface area (Å²) in [7, 11) is 0. The van der Waals surface area contributed by atoms with E-state index < -0.39 is 49.1 Å². The Morgan fingerprint density at radius 1 is 0.652 bits per heavy atom. The first-order valence-corrected chi connectivity index (χ1v) is 23.3. The lowest BCUT2D eigenvalue weighted by molar-refractivity contribution is -0.0289. The third-order valence-electron chi connectivity index (χ3n) is 8.86. The van der Waals surface area contributed by atoms with Gasteiger partial charge in [0.25, 0.3) is 0 Å². The van der Waals surface area contributed by atoms with Crippen molar-refractivity contribution in [3.8, 4) is 11.8 Å². The van der Waals surface area contributed by atoms with Gasteiger partial charge in [0, 0.05) is 54.8 Å². The number of fused-ring (bicyclic) bond motifs is 2. The molecule has 2 aliphatic heterocycles. The molecule has 6 aromatic rings. The number of nitrogens with two attached hydrogens (primary N) is 3. The summed E-state index contributed by atoms with van der Waals surface area (Å²) in [5, 5.41) is 53.1. The third kappa shape index (κ3) is 15.2. The van der Waals surface area contributed by atoms with Crippen LogP contribution in [0.5, 0.6) is 0 Å². The maximum atomic E-state index is 10.5. The predicted octanol–water partition coefficient (Wildman–Crippen LogP) is 1.85. The Labute approximate surface area is 402 Å². The minimum absolute atomic E-state index is 0.242. The Morgan fingerprint density at radius 3 is 1.48 bits per heavy atom. The SMILES string of the molecule is CC#CC.CCO.Clc1cc(Cl)ncn1.NCCSC[C@@H]1O[C@H](n2cnc3c(N)ncnc32)[C@@H](O)[C@H]1O.Nc1ncnc2c1ncn2[C@H]1O[C@@H](CSCCNc2cc(Cl)ncn2)[C@H](O)[C@@H]1O. The second-order valence-corrected chi connectivity index (χ2v) is 16.8. The van der Waals surface area contributed by atoms with Gasteiger partial charge in [0.2, 0.25) is 0 Å². The molecular weight excluding hydrogens is 963 g/mol. The highest BCUT2D eigenvalue weighted by molar-refractivity contribution is 7.99. The minimum Gasteiger partial charge on any atom is -0.397 e. The molecule has 0 aliphatic carbocycles. The second kappa shape index (κ2) is 28.0. The van der Waals surface area contributed by atoms with Crippen LogP contribution in [0.4, 0.5) is 17.5 Å². The Morgan fingerprint density at radius 2 is 1.08 bits per heavy atom. The molecule has 8 heterocycles. The van der Waals surface area contributed by atoms with E-state index in [4.69, 9.17) is 66.6 Å². The monoisotopic (exact) mass is 1010 g/mol. The zero-order valence-electron chi connectivity index (χ0n) is 35.8. The molecule has 0 bridgehead atoms. The maximum absolute atomic E-state index is 10.5. The molecule has 2 saturated heterocycles. The van der Waals surface area contributed by atoms with Crippen LogP contribution >= 0.6 is 58.3 Å². The molecule has 0 aromatic carbocycles. The van der Waals surface area contributed by atoms with E-state index in [-0.39, 0.29) is 18.2 Å². The normalized spacial score (nSPS) is 21.8. The van der Waals surface area contributed by atoms with E-state index >= 15 is 0 Å². The molecule has 0 unspecified atom stereocenters. The molecule has 358 valence electrons. The molecule has 8 rings (SSSR count). The number of rotatable bonds is 12. The van der Waals surface area contributed by atoms with Gasteiger partial charge in [-0.15, -0.1) is 11.8 Å². The van der Waals surface area contributed by atoms with Crippen molar-refractivity contribution in [2.24, 2.45) is 5.73 Å². The largest absolute Gasteiger partial charge is 0.397 e. The van der Waals surface area contributed by atoms with Crippen LogP contribution in [0, 0.1) is 11.8 Å². The number of aliphatic hydroxyl groups is 5. The van der Waals surface area contributed by atoms with Crippen molar-refractivity contribution in [1.29, 1.82) is 0 Å². The lowest BCUT2D eigenvalue weighted by Gasteiger charge is -2.16. The molecule has 2 fully saturated rings. The van der Waals surface area contributed by atoms with Gasteiger partial charge < -0.3 is 57.5 Å². The average molecular weight is 1010 g/mol. The van der Waals surface area contributed by atoms with Gasteiger partial charge in [0.15, 0.2) is 35.4 Å². The molecule has 12 N–H and O–H groups in total. The molecule has 28 heteroatoms. The number of hydrogen-bond acceptors (Lipinski definition) is 23. The maximum Gasteiger partial charge on any atom is 0.167 e. The van der Waals surface area contributed by atoms with Crippen LogP contribution in [0.2, 0.25) is 15.5 Å². The van der Waals surface area contributed by atoms with E-state index in [2.05, 4.69) is 67.0 Å². The van der Waals surface area contributed by atoms with Gasteiger partial charge in [-0.05, 0) is 20.8 Å². The van der Waals surface area contributed by atoms with Gasteiger partial charge in [0.05, 0.1) is 24.9 Å². The molecule has 0 radical (unpaired) electrons. The second-order valence-electron chi connectivity index (χ2n) is 13.3. The van der Waals surface area contributed by atoms with Gasteiger partial charge in [-0.1, -0.05) is 34.8 Å². The zero-order chi connectivity index (χ0) is 48.2. The van der Waals surface area contributed by atoms with Gasteiger partial charge in [-0.25, -0.2) is 49.8 Å². The first-order valence-electron chi connectivity index (χ1n) is 19.8. The van der Waals surface area contributed by atoms with Crippen molar-refractivity contribution in [1.82, 2.24) is 59.0 Å². The Balaban J connectivity index is 0.000000225. The number of hydrogen-bond donors (Lipinski definition) is 9. The van der Waals surface area contributed by atoms with E-state index in [0.29, 0.717) is 68.2 Å². The first kappa shape index (κ1) is 54.1. The molecule has 6 aromatic heterocycles. The fourth-order valence-corrected chi connectivity index (χ4v) is 8.04. The topological polar surface area (TPSA) is 348 Å². The summed E-state index contributed by atoms with van der Waals surface area (Å²) in [6, 6.07) is 3.12. The number of anilines is 3. The highest BCUT2D eigenvalue weighted by Crippen LogP contribution is 2.34. The first-order chi connectivity index (χ1) is 31.8. The molecule has 23 nitrogen and oxygen atoms in total.